The molecule has 0 aliphatic heterocycles. The van der Waals surface area contributed by atoms with E-state index in [0.717, 1.165) is 17.4 Å². The molecule has 2 nitrogen and oxygen atoms in total. The average Bonchev–Trinajstić information content (AvgIpc) is 3.02. The summed E-state index contributed by atoms with van der Waals surface area (Å²) in [5.41, 5.74) is 8.41. The molecule has 1 fully saturated rings. The molecule has 0 radical (unpaired) electrons. The van der Waals surface area contributed by atoms with Gasteiger partial charge in [-0.15, -0.1) is 0 Å². The molecule has 1 aliphatic rings. The van der Waals surface area contributed by atoms with E-state index in [2.05, 4.69) is 44.8 Å². The molecule has 1 heterocycles. The average molecular weight is 279 g/mol. The zero-order chi connectivity index (χ0) is 11.1. The number of nitrogens with zero attached hydrogens (tertiary/aromatic N) is 1. The summed E-state index contributed by atoms with van der Waals surface area (Å²) in [5.74, 6) is 0. The fourth-order valence-electron chi connectivity index (χ4n) is 2.36. The molecule has 0 spiro atoms. The third kappa shape index (κ3) is 1.68. The molecule has 3 rings (SSSR count). The van der Waals surface area contributed by atoms with Gasteiger partial charge in [0.05, 0.1) is 0 Å². The van der Waals surface area contributed by atoms with Crippen molar-refractivity contribution in [2.45, 2.75) is 25.3 Å². The van der Waals surface area contributed by atoms with Crippen molar-refractivity contribution in [3.8, 4) is 0 Å². The lowest BCUT2D eigenvalue weighted by Crippen LogP contribution is -2.07. The molecule has 1 aromatic heterocycles. The molecule has 0 amide bonds. The van der Waals surface area contributed by atoms with Gasteiger partial charge in [0.2, 0.25) is 0 Å². The second-order valence-corrected chi connectivity index (χ2v) is 5.39. The molecule has 16 heavy (non-hydrogen) atoms. The van der Waals surface area contributed by atoms with Gasteiger partial charge >= 0.3 is 0 Å². The standard InChI is InChI=1S/C13H15BrN2/c14-10-2-1-9-7-12(5-6-15)16(11-3-4-11)13(9)8-10/h1-2,7-8,11H,3-6,15H2. The largest absolute Gasteiger partial charge is 0.341 e. The highest BCUT2D eigenvalue weighted by Gasteiger charge is 2.26. The highest BCUT2D eigenvalue weighted by Crippen LogP contribution is 2.40. The lowest BCUT2D eigenvalue weighted by Gasteiger charge is -2.08. The van der Waals surface area contributed by atoms with Gasteiger partial charge in [0.1, 0.15) is 0 Å². The molecule has 0 atom stereocenters. The summed E-state index contributed by atoms with van der Waals surface area (Å²) in [5, 5.41) is 1.33. The first-order chi connectivity index (χ1) is 7.79. The summed E-state index contributed by atoms with van der Waals surface area (Å²) in [4.78, 5) is 0. The van der Waals surface area contributed by atoms with E-state index >= 15 is 0 Å². The van der Waals surface area contributed by atoms with Crippen molar-refractivity contribution in [2.24, 2.45) is 5.73 Å². The SMILES string of the molecule is NCCc1cc2ccc(Br)cc2n1C1CC1. The minimum atomic E-state index is 0.716. The summed E-state index contributed by atoms with van der Waals surface area (Å²) in [6.45, 7) is 0.726. The number of fused-ring (bicyclic) bond motifs is 1. The molecule has 3 heteroatoms. The van der Waals surface area contributed by atoms with Gasteiger partial charge in [-0.05, 0) is 49.4 Å². The maximum atomic E-state index is 5.68. The Kier molecular flexibility index (Phi) is 2.52. The van der Waals surface area contributed by atoms with Crippen LogP contribution in [-0.2, 0) is 6.42 Å². The van der Waals surface area contributed by atoms with Crippen LogP contribution in [0.1, 0.15) is 24.6 Å². The minimum Gasteiger partial charge on any atom is -0.341 e. The van der Waals surface area contributed by atoms with E-state index in [4.69, 9.17) is 5.73 Å². The molecule has 84 valence electrons. The van der Waals surface area contributed by atoms with E-state index in [1.807, 2.05) is 0 Å². The normalized spacial score (nSPS) is 15.9. The Hall–Kier alpha value is -0.800. The molecule has 0 unspecified atom stereocenters. The number of hydrogen-bond donors (Lipinski definition) is 1. The summed E-state index contributed by atoms with van der Waals surface area (Å²) >= 11 is 3.55. The van der Waals surface area contributed by atoms with E-state index in [1.54, 1.807) is 0 Å². The molecular formula is C13H15BrN2. The quantitative estimate of drug-likeness (QED) is 0.918. The fraction of sp³-hybridized carbons (Fsp3) is 0.385. The Balaban J connectivity index is 2.21. The smallest absolute Gasteiger partial charge is 0.0496 e. The van der Waals surface area contributed by atoms with Gasteiger partial charge in [0.25, 0.3) is 0 Å². The van der Waals surface area contributed by atoms with Crippen molar-refractivity contribution in [1.82, 2.24) is 4.57 Å². The van der Waals surface area contributed by atoms with Gasteiger partial charge in [0, 0.05) is 21.7 Å². The van der Waals surface area contributed by atoms with Crippen LogP contribution in [-0.4, -0.2) is 11.1 Å². The predicted molar refractivity (Wildman–Crippen MR) is 70.7 cm³/mol. The van der Waals surface area contributed by atoms with Crippen LogP contribution >= 0.6 is 15.9 Å². The number of nitrogens with two attached hydrogens (primary N) is 1. The number of hydrogen-bond acceptors (Lipinski definition) is 1. The lowest BCUT2D eigenvalue weighted by molar-refractivity contribution is 0.715. The van der Waals surface area contributed by atoms with Crippen molar-refractivity contribution in [3.05, 3.63) is 34.4 Å². The lowest BCUT2D eigenvalue weighted by atomic mass is 10.2. The van der Waals surface area contributed by atoms with E-state index in [0.29, 0.717) is 6.04 Å². The molecule has 2 N–H and O–H groups in total. The molecule has 2 aromatic rings. The van der Waals surface area contributed by atoms with Gasteiger partial charge in [-0.25, -0.2) is 0 Å². The topological polar surface area (TPSA) is 30.9 Å². The van der Waals surface area contributed by atoms with Crippen molar-refractivity contribution in [3.63, 3.8) is 0 Å². The van der Waals surface area contributed by atoms with Crippen molar-refractivity contribution >= 4 is 26.8 Å². The van der Waals surface area contributed by atoms with Gasteiger partial charge in [0.15, 0.2) is 0 Å². The molecule has 0 bridgehead atoms. The maximum Gasteiger partial charge on any atom is 0.0496 e. The Bertz CT molecular complexity index is 526. The maximum absolute atomic E-state index is 5.68. The van der Waals surface area contributed by atoms with Crippen molar-refractivity contribution < 1.29 is 0 Å². The third-order valence-corrected chi connectivity index (χ3v) is 3.69. The second-order valence-electron chi connectivity index (χ2n) is 4.48. The van der Waals surface area contributed by atoms with Gasteiger partial charge in [-0.3, -0.25) is 0 Å². The monoisotopic (exact) mass is 278 g/mol. The van der Waals surface area contributed by atoms with Crippen LogP contribution in [0.2, 0.25) is 0 Å². The molecule has 0 saturated heterocycles. The number of benzene rings is 1. The molecule has 1 aliphatic carbocycles. The van der Waals surface area contributed by atoms with Crippen molar-refractivity contribution in [2.75, 3.05) is 6.54 Å². The Morgan fingerprint density at radius 2 is 2.12 bits per heavy atom. The second kappa shape index (κ2) is 3.90. The van der Waals surface area contributed by atoms with Gasteiger partial charge in [-0.2, -0.15) is 0 Å². The third-order valence-electron chi connectivity index (χ3n) is 3.20. The first-order valence-electron chi connectivity index (χ1n) is 5.79. The van der Waals surface area contributed by atoms with Crippen molar-refractivity contribution in [1.29, 1.82) is 0 Å². The highest BCUT2D eigenvalue weighted by atomic mass is 79.9. The van der Waals surface area contributed by atoms with Crippen LogP contribution in [0.4, 0.5) is 0 Å². The summed E-state index contributed by atoms with van der Waals surface area (Å²) in [6.07, 6.45) is 3.60. The summed E-state index contributed by atoms with van der Waals surface area (Å²) in [7, 11) is 0. The van der Waals surface area contributed by atoms with Crippen LogP contribution in [0, 0.1) is 0 Å². The van der Waals surface area contributed by atoms with Crippen LogP contribution in [0.3, 0.4) is 0 Å². The van der Waals surface area contributed by atoms with Gasteiger partial charge in [-0.1, -0.05) is 22.0 Å². The number of aromatic nitrogens is 1. The zero-order valence-electron chi connectivity index (χ0n) is 9.12. The van der Waals surface area contributed by atoms with Gasteiger partial charge < -0.3 is 10.3 Å². The van der Waals surface area contributed by atoms with E-state index < -0.39 is 0 Å². The summed E-state index contributed by atoms with van der Waals surface area (Å²) in [6, 6.07) is 9.50. The first kappa shape index (κ1) is 10.4. The summed E-state index contributed by atoms with van der Waals surface area (Å²) < 4.78 is 3.63. The minimum absolute atomic E-state index is 0.716. The fourth-order valence-corrected chi connectivity index (χ4v) is 2.70. The van der Waals surface area contributed by atoms with Crippen LogP contribution in [0.25, 0.3) is 10.9 Å². The molecular weight excluding hydrogens is 264 g/mol. The number of rotatable bonds is 3. The first-order valence-corrected chi connectivity index (χ1v) is 6.58. The van der Waals surface area contributed by atoms with Crippen LogP contribution in [0.5, 0.6) is 0 Å². The Labute approximate surface area is 104 Å². The molecule has 1 saturated carbocycles. The Morgan fingerprint density at radius 1 is 1.31 bits per heavy atom. The number of halogens is 1. The van der Waals surface area contributed by atoms with E-state index in [-0.39, 0.29) is 0 Å². The van der Waals surface area contributed by atoms with Crippen LogP contribution in [0.15, 0.2) is 28.7 Å². The predicted octanol–water partition coefficient (Wildman–Crippen LogP) is 3.24. The van der Waals surface area contributed by atoms with E-state index in [1.165, 1.54) is 29.4 Å². The zero-order valence-corrected chi connectivity index (χ0v) is 10.7. The Morgan fingerprint density at radius 3 is 2.81 bits per heavy atom. The van der Waals surface area contributed by atoms with E-state index in [9.17, 15) is 0 Å². The molecule has 1 aromatic carbocycles. The highest BCUT2D eigenvalue weighted by molar-refractivity contribution is 9.10. The van der Waals surface area contributed by atoms with Crippen LogP contribution < -0.4 is 5.73 Å².